The molecule has 0 spiro atoms. The number of aliphatic imine (C=N–C) groups is 1. The summed E-state index contributed by atoms with van der Waals surface area (Å²) in [5.41, 5.74) is 2.00. The minimum atomic E-state index is -0.355. The van der Waals surface area contributed by atoms with Gasteiger partial charge in [0.2, 0.25) is 0 Å². The van der Waals surface area contributed by atoms with E-state index in [9.17, 15) is 9.18 Å². The number of benzene rings is 1. The third kappa shape index (κ3) is 6.79. The molecule has 1 unspecified atom stereocenters. The first kappa shape index (κ1) is 26.1. The van der Waals surface area contributed by atoms with E-state index in [4.69, 9.17) is 4.74 Å². The van der Waals surface area contributed by atoms with Gasteiger partial charge >= 0.3 is 5.97 Å². The number of rotatable bonds is 7. The van der Waals surface area contributed by atoms with Crippen molar-refractivity contribution >= 4 is 52.9 Å². The Morgan fingerprint density at radius 1 is 1.40 bits per heavy atom. The van der Waals surface area contributed by atoms with Crippen molar-refractivity contribution in [3.05, 3.63) is 45.2 Å². The van der Waals surface area contributed by atoms with Gasteiger partial charge < -0.3 is 20.3 Å². The first-order valence-electron chi connectivity index (χ1n) is 9.34. The van der Waals surface area contributed by atoms with Crippen LogP contribution in [-0.2, 0) is 11.3 Å². The first-order valence-corrected chi connectivity index (χ1v) is 10.2. The molecule has 0 aliphatic rings. The zero-order chi connectivity index (χ0) is 21.6. The summed E-state index contributed by atoms with van der Waals surface area (Å²) in [5, 5.41) is 7.17. The highest BCUT2D eigenvalue weighted by atomic mass is 127. The molecule has 0 saturated carbocycles. The molecule has 1 aromatic carbocycles. The van der Waals surface area contributed by atoms with Crippen LogP contribution in [0.4, 0.5) is 10.1 Å². The molecule has 2 rings (SSSR count). The highest BCUT2D eigenvalue weighted by molar-refractivity contribution is 14.0. The normalized spacial score (nSPS) is 12.0. The van der Waals surface area contributed by atoms with Crippen LogP contribution in [0.3, 0.4) is 0 Å². The van der Waals surface area contributed by atoms with Gasteiger partial charge in [0.1, 0.15) is 15.7 Å². The molecule has 0 aliphatic heterocycles. The van der Waals surface area contributed by atoms with Crippen LogP contribution in [0.15, 0.2) is 23.2 Å². The number of nitrogens with one attached hydrogen (secondary N) is 2. The number of halogens is 2. The smallest absolute Gasteiger partial charge is 0.350 e. The van der Waals surface area contributed by atoms with Gasteiger partial charge in [-0.15, -0.1) is 35.3 Å². The van der Waals surface area contributed by atoms with Gasteiger partial charge in [0.15, 0.2) is 5.96 Å². The Kier molecular flexibility index (Phi) is 10.5. The molecule has 166 valence electrons. The van der Waals surface area contributed by atoms with Crippen molar-refractivity contribution < 1.29 is 13.9 Å². The Bertz CT molecular complexity index is 888. The van der Waals surface area contributed by atoms with Crippen LogP contribution in [0.2, 0.25) is 0 Å². The third-order valence-electron chi connectivity index (χ3n) is 4.18. The number of aryl methyl sites for hydroxylation is 1. The van der Waals surface area contributed by atoms with Gasteiger partial charge in [0.25, 0.3) is 0 Å². The molecular formula is C20H29FIN5O2S. The fourth-order valence-corrected chi connectivity index (χ4v) is 3.62. The molecule has 1 atom stereocenters. The van der Waals surface area contributed by atoms with E-state index in [0.717, 1.165) is 10.6 Å². The number of carbonyl (C=O) groups excluding carboxylic acids is 1. The Labute approximate surface area is 198 Å². The highest BCUT2D eigenvalue weighted by Crippen LogP contribution is 2.24. The molecule has 7 nitrogen and oxygen atoms in total. The molecular weight excluding hydrogens is 520 g/mol. The van der Waals surface area contributed by atoms with Crippen LogP contribution in [-0.4, -0.2) is 44.7 Å². The predicted octanol–water partition coefficient (Wildman–Crippen LogP) is 3.88. The van der Waals surface area contributed by atoms with Gasteiger partial charge in [-0.3, -0.25) is 4.99 Å². The summed E-state index contributed by atoms with van der Waals surface area (Å²) < 4.78 is 19.2. The monoisotopic (exact) mass is 549 g/mol. The van der Waals surface area contributed by atoms with Crippen LogP contribution < -0.4 is 15.5 Å². The molecule has 1 aromatic heterocycles. The zero-order valence-electron chi connectivity index (χ0n) is 18.1. The summed E-state index contributed by atoms with van der Waals surface area (Å²) in [6.07, 6.45) is 0. The molecule has 0 bridgehead atoms. The summed E-state index contributed by atoms with van der Waals surface area (Å²) in [7, 11) is 5.27. The number of hydrogen-bond acceptors (Lipinski definition) is 6. The number of aromatic nitrogens is 1. The number of esters is 1. The second-order valence-corrected chi connectivity index (χ2v) is 7.69. The lowest BCUT2D eigenvalue weighted by molar-refractivity contribution is 0.0531. The number of carbonyl (C=O) groups is 1. The van der Waals surface area contributed by atoms with E-state index in [1.807, 2.05) is 13.0 Å². The molecule has 2 N–H and O–H groups in total. The summed E-state index contributed by atoms with van der Waals surface area (Å²) in [6.45, 7) is 6.24. The molecule has 10 heteroatoms. The van der Waals surface area contributed by atoms with E-state index < -0.39 is 0 Å². The number of anilines is 1. The number of hydrogen-bond donors (Lipinski definition) is 2. The van der Waals surface area contributed by atoms with E-state index in [1.54, 1.807) is 46.0 Å². The molecule has 2 aromatic rings. The summed E-state index contributed by atoms with van der Waals surface area (Å²) in [5.74, 6) is -0.0674. The summed E-state index contributed by atoms with van der Waals surface area (Å²) >= 11 is 1.30. The Balaban J connectivity index is 0.00000450. The summed E-state index contributed by atoms with van der Waals surface area (Å²) in [6, 6.07) is 4.97. The lowest BCUT2D eigenvalue weighted by Gasteiger charge is -2.17. The van der Waals surface area contributed by atoms with Gasteiger partial charge in [0, 0.05) is 27.7 Å². The molecule has 0 radical (unpaired) electrons. The second-order valence-electron chi connectivity index (χ2n) is 6.66. The van der Waals surface area contributed by atoms with Crippen molar-refractivity contribution in [2.24, 2.45) is 4.99 Å². The molecule has 0 saturated heterocycles. The van der Waals surface area contributed by atoms with Crippen LogP contribution in [0.5, 0.6) is 0 Å². The van der Waals surface area contributed by atoms with E-state index in [0.29, 0.717) is 35.4 Å². The fourth-order valence-electron chi connectivity index (χ4n) is 2.66. The second kappa shape index (κ2) is 12.0. The quantitative estimate of drug-likeness (QED) is 0.236. The maximum Gasteiger partial charge on any atom is 0.350 e. The van der Waals surface area contributed by atoms with Crippen molar-refractivity contribution in [1.29, 1.82) is 0 Å². The topological polar surface area (TPSA) is 78.8 Å². The first-order chi connectivity index (χ1) is 13.8. The molecule has 0 fully saturated rings. The molecule has 30 heavy (non-hydrogen) atoms. The molecule has 1 heterocycles. The van der Waals surface area contributed by atoms with Crippen molar-refractivity contribution in [2.45, 2.75) is 33.4 Å². The van der Waals surface area contributed by atoms with Gasteiger partial charge in [-0.25, -0.2) is 14.2 Å². The van der Waals surface area contributed by atoms with Crippen molar-refractivity contribution in [1.82, 2.24) is 15.6 Å². The lowest BCUT2D eigenvalue weighted by atomic mass is 10.2. The molecule has 0 aliphatic carbocycles. The highest BCUT2D eigenvalue weighted by Gasteiger charge is 2.20. The Morgan fingerprint density at radius 3 is 2.67 bits per heavy atom. The van der Waals surface area contributed by atoms with Crippen LogP contribution in [0.25, 0.3) is 0 Å². The zero-order valence-corrected chi connectivity index (χ0v) is 21.2. The van der Waals surface area contributed by atoms with E-state index in [1.165, 1.54) is 17.4 Å². The summed E-state index contributed by atoms with van der Waals surface area (Å²) in [4.78, 5) is 22.9. The van der Waals surface area contributed by atoms with Crippen molar-refractivity contribution in [3.63, 3.8) is 0 Å². The van der Waals surface area contributed by atoms with E-state index >= 15 is 0 Å². The standard InChI is InChI=1S/C20H28FN5O2S.HI/c1-7-28-19(27)17-12(2)24-18(29-17)13(3)25-20(22-4)23-11-14-8-9-16(26(5)6)15(21)10-14;/h8-10,13H,7,11H2,1-6H3,(H2,22,23,25);1H. The fraction of sp³-hybridized carbons (Fsp3) is 0.450. The van der Waals surface area contributed by atoms with E-state index in [2.05, 4.69) is 20.6 Å². The van der Waals surface area contributed by atoms with Crippen LogP contribution in [0, 0.1) is 12.7 Å². The van der Waals surface area contributed by atoms with Gasteiger partial charge in [-0.1, -0.05) is 6.07 Å². The van der Waals surface area contributed by atoms with Crippen molar-refractivity contribution in [3.8, 4) is 0 Å². The molecule has 0 amide bonds. The largest absolute Gasteiger partial charge is 0.462 e. The maximum absolute atomic E-state index is 14.1. The number of thiazole rings is 1. The third-order valence-corrected chi connectivity index (χ3v) is 5.50. The maximum atomic E-state index is 14.1. The number of guanidine groups is 1. The van der Waals surface area contributed by atoms with Gasteiger partial charge in [-0.2, -0.15) is 0 Å². The minimum Gasteiger partial charge on any atom is -0.462 e. The predicted molar refractivity (Wildman–Crippen MR) is 131 cm³/mol. The van der Waals surface area contributed by atoms with Crippen LogP contribution in [0.1, 0.15) is 45.8 Å². The Morgan fingerprint density at radius 2 is 2.10 bits per heavy atom. The van der Waals surface area contributed by atoms with Gasteiger partial charge in [-0.05, 0) is 38.5 Å². The van der Waals surface area contributed by atoms with Gasteiger partial charge in [0.05, 0.1) is 24.0 Å². The minimum absolute atomic E-state index is 0. The average Bonchev–Trinajstić information content (AvgIpc) is 3.06. The Hall–Kier alpha value is -1.95. The van der Waals surface area contributed by atoms with E-state index in [-0.39, 0.29) is 41.8 Å². The van der Waals surface area contributed by atoms with Crippen LogP contribution >= 0.6 is 35.3 Å². The van der Waals surface area contributed by atoms with Crippen molar-refractivity contribution in [2.75, 3.05) is 32.6 Å². The number of nitrogens with zero attached hydrogens (tertiary/aromatic N) is 3. The SMILES string of the molecule is CCOC(=O)c1sc(C(C)NC(=NC)NCc2ccc(N(C)C)c(F)c2)nc1C.I. The average molecular weight is 549 g/mol. The number of ether oxygens (including phenoxy) is 1. The lowest BCUT2D eigenvalue weighted by Crippen LogP contribution is -2.38.